The van der Waals surface area contributed by atoms with Gasteiger partial charge in [0.15, 0.2) is 5.82 Å². The standard InChI is InChI=1S/C17H21N3O3/c1-12-18-16(20-23-12)17(9-3-4-10-17)19-15(21)14-7-5-13(6-8-14)11-22-2/h5-8H,3-4,9-11H2,1-2H3,(H,19,21). The Morgan fingerprint density at radius 1 is 1.30 bits per heavy atom. The van der Waals surface area contributed by atoms with E-state index in [4.69, 9.17) is 9.26 Å². The first-order valence-electron chi connectivity index (χ1n) is 7.84. The van der Waals surface area contributed by atoms with Crippen molar-refractivity contribution in [3.63, 3.8) is 0 Å². The van der Waals surface area contributed by atoms with E-state index < -0.39 is 5.54 Å². The van der Waals surface area contributed by atoms with Crippen molar-refractivity contribution in [3.8, 4) is 0 Å². The Balaban J connectivity index is 1.79. The fraction of sp³-hybridized carbons (Fsp3) is 0.471. The van der Waals surface area contributed by atoms with Crippen molar-refractivity contribution < 1.29 is 14.1 Å². The average Bonchev–Trinajstić information content (AvgIpc) is 3.18. The molecule has 0 unspecified atom stereocenters. The Kier molecular flexibility index (Phi) is 4.43. The highest BCUT2D eigenvalue weighted by Crippen LogP contribution is 2.37. The van der Waals surface area contributed by atoms with Crippen molar-refractivity contribution in [2.24, 2.45) is 0 Å². The molecule has 0 radical (unpaired) electrons. The first kappa shape index (κ1) is 15.7. The van der Waals surface area contributed by atoms with Crippen LogP contribution in [0.3, 0.4) is 0 Å². The van der Waals surface area contributed by atoms with Crippen LogP contribution in [0.4, 0.5) is 0 Å². The molecular weight excluding hydrogens is 294 g/mol. The molecule has 1 N–H and O–H groups in total. The molecule has 3 rings (SSSR count). The van der Waals surface area contributed by atoms with Crippen molar-refractivity contribution in [2.45, 2.75) is 44.8 Å². The lowest BCUT2D eigenvalue weighted by Crippen LogP contribution is -2.44. The van der Waals surface area contributed by atoms with E-state index in [9.17, 15) is 4.79 Å². The molecule has 2 aromatic rings. The van der Waals surface area contributed by atoms with Gasteiger partial charge >= 0.3 is 0 Å². The maximum Gasteiger partial charge on any atom is 0.252 e. The summed E-state index contributed by atoms with van der Waals surface area (Å²) in [4.78, 5) is 17.0. The van der Waals surface area contributed by atoms with Crippen molar-refractivity contribution in [3.05, 3.63) is 47.1 Å². The van der Waals surface area contributed by atoms with Crippen LogP contribution in [-0.4, -0.2) is 23.2 Å². The zero-order valence-electron chi connectivity index (χ0n) is 13.5. The number of nitrogens with one attached hydrogen (secondary N) is 1. The molecule has 1 aliphatic carbocycles. The number of hydrogen-bond donors (Lipinski definition) is 1. The van der Waals surface area contributed by atoms with Crippen LogP contribution in [0.25, 0.3) is 0 Å². The van der Waals surface area contributed by atoms with Crippen LogP contribution >= 0.6 is 0 Å². The highest BCUT2D eigenvalue weighted by atomic mass is 16.5. The summed E-state index contributed by atoms with van der Waals surface area (Å²) >= 11 is 0. The number of nitrogens with zero attached hydrogens (tertiary/aromatic N) is 2. The topological polar surface area (TPSA) is 77.2 Å². The third-order valence-corrected chi connectivity index (χ3v) is 4.29. The van der Waals surface area contributed by atoms with Gasteiger partial charge in [-0.25, -0.2) is 0 Å². The van der Waals surface area contributed by atoms with Gasteiger partial charge in [-0.2, -0.15) is 4.98 Å². The van der Waals surface area contributed by atoms with E-state index in [1.807, 2.05) is 24.3 Å². The molecule has 1 aromatic carbocycles. The maximum absolute atomic E-state index is 12.6. The highest BCUT2D eigenvalue weighted by molar-refractivity contribution is 5.94. The van der Waals surface area contributed by atoms with Gasteiger partial charge in [-0.15, -0.1) is 0 Å². The zero-order chi connectivity index (χ0) is 16.3. The van der Waals surface area contributed by atoms with E-state index in [1.54, 1.807) is 14.0 Å². The van der Waals surface area contributed by atoms with Crippen LogP contribution in [0.15, 0.2) is 28.8 Å². The van der Waals surface area contributed by atoms with E-state index in [0.29, 0.717) is 23.9 Å². The summed E-state index contributed by atoms with van der Waals surface area (Å²) in [5.74, 6) is 0.986. The molecular formula is C17H21N3O3. The average molecular weight is 315 g/mol. The second kappa shape index (κ2) is 6.50. The number of benzene rings is 1. The fourth-order valence-electron chi connectivity index (χ4n) is 3.09. The van der Waals surface area contributed by atoms with Gasteiger partial charge in [-0.05, 0) is 30.5 Å². The molecule has 0 aliphatic heterocycles. The second-order valence-corrected chi connectivity index (χ2v) is 6.01. The molecule has 1 aliphatic rings. The lowest BCUT2D eigenvalue weighted by Gasteiger charge is -2.26. The summed E-state index contributed by atoms with van der Waals surface area (Å²) in [5, 5.41) is 7.17. The van der Waals surface area contributed by atoms with E-state index in [0.717, 1.165) is 31.2 Å². The smallest absolute Gasteiger partial charge is 0.252 e. The molecule has 122 valence electrons. The predicted octanol–water partition coefficient (Wildman–Crippen LogP) is 2.72. The summed E-state index contributed by atoms with van der Waals surface area (Å²) in [7, 11) is 1.65. The molecule has 1 aromatic heterocycles. The third-order valence-electron chi connectivity index (χ3n) is 4.29. The molecule has 6 heteroatoms. The number of amides is 1. The monoisotopic (exact) mass is 315 g/mol. The predicted molar refractivity (Wildman–Crippen MR) is 83.8 cm³/mol. The summed E-state index contributed by atoms with van der Waals surface area (Å²) in [6, 6.07) is 7.43. The first-order valence-corrected chi connectivity index (χ1v) is 7.84. The van der Waals surface area contributed by atoms with Crippen molar-refractivity contribution in [1.82, 2.24) is 15.5 Å². The number of aromatic nitrogens is 2. The number of methoxy groups -OCH3 is 1. The number of ether oxygens (including phenoxy) is 1. The largest absolute Gasteiger partial charge is 0.380 e. The molecule has 6 nitrogen and oxygen atoms in total. The number of rotatable bonds is 5. The van der Waals surface area contributed by atoms with Crippen LogP contribution in [0, 0.1) is 6.92 Å². The summed E-state index contributed by atoms with van der Waals surface area (Å²) in [5.41, 5.74) is 1.14. The minimum Gasteiger partial charge on any atom is -0.380 e. The molecule has 0 spiro atoms. The molecule has 0 bridgehead atoms. The molecule has 1 heterocycles. The van der Waals surface area contributed by atoms with Crippen LogP contribution < -0.4 is 5.32 Å². The number of aryl methyl sites for hydroxylation is 1. The van der Waals surface area contributed by atoms with Gasteiger partial charge in [0, 0.05) is 19.6 Å². The zero-order valence-corrected chi connectivity index (χ0v) is 13.5. The molecule has 0 saturated heterocycles. The Morgan fingerprint density at radius 2 is 2.00 bits per heavy atom. The second-order valence-electron chi connectivity index (χ2n) is 6.01. The quantitative estimate of drug-likeness (QED) is 0.918. The third kappa shape index (κ3) is 3.27. The van der Waals surface area contributed by atoms with Crippen LogP contribution in [0.2, 0.25) is 0 Å². The minimum absolute atomic E-state index is 0.113. The number of carbonyl (C=O) groups is 1. The molecule has 1 fully saturated rings. The highest BCUT2D eigenvalue weighted by Gasteiger charge is 2.41. The summed E-state index contributed by atoms with van der Waals surface area (Å²) in [6.45, 7) is 2.30. The Morgan fingerprint density at radius 3 is 2.57 bits per heavy atom. The minimum atomic E-state index is -0.514. The molecule has 1 amide bonds. The lowest BCUT2D eigenvalue weighted by atomic mass is 9.95. The summed E-state index contributed by atoms with van der Waals surface area (Å²) < 4.78 is 10.2. The van der Waals surface area contributed by atoms with Crippen molar-refractivity contribution >= 4 is 5.91 Å². The van der Waals surface area contributed by atoms with Gasteiger partial charge < -0.3 is 14.6 Å². The molecule has 1 saturated carbocycles. The van der Waals surface area contributed by atoms with E-state index >= 15 is 0 Å². The molecule has 23 heavy (non-hydrogen) atoms. The van der Waals surface area contributed by atoms with Crippen LogP contribution in [-0.2, 0) is 16.9 Å². The van der Waals surface area contributed by atoms with Gasteiger partial charge in [0.2, 0.25) is 5.89 Å². The van der Waals surface area contributed by atoms with Gasteiger partial charge in [-0.3, -0.25) is 4.79 Å². The van der Waals surface area contributed by atoms with E-state index in [2.05, 4.69) is 15.5 Å². The fourth-order valence-corrected chi connectivity index (χ4v) is 3.09. The van der Waals surface area contributed by atoms with Gasteiger partial charge in [0.05, 0.1) is 6.61 Å². The van der Waals surface area contributed by atoms with Gasteiger partial charge in [-0.1, -0.05) is 30.1 Å². The van der Waals surface area contributed by atoms with Crippen molar-refractivity contribution in [1.29, 1.82) is 0 Å². The van der Waals surface area contributed by atoms with Gasteiger partial charge in [0.1, 0.15) is 5.54 Å². The molecule has 0 atom stereocenters. The van der Waals surface area contributed by atoms with E-state index in [1.165, 1.54) is 0 Å². The first-order chi connectivity index (χ1) is 11.1. The SMILES string of the molecule is COCc1ccc(C(=O)NC2(c3noc(C)n3)CCCC2)cc1. The Bertz CT molecular complexity index is 673. The lowest BCUT2D eigenvalue weighted by molar-refractivity contribution is 0.0892. The van der Waals surface area contributed by atoms with E-state index in [-0.39, 0.29) is 5.91 Å². The van der Waals surface area contributed by atoms with Crippen LogP contribution in [0.5, 0.6) is 0 Å². The number of hydrogen-bond acceptors (Lipinski definition) is 5. The number of carbonyl (C=O) groups excluding carboxylic acids is 1. The Hall–Kier alpha value is -2.21. The van der Waals surface area contributed by atoms with Crippen molar-refractivity contribution in [2.75, 3.05) is 7.11 Å². The van der Waals surface area contributed by atoms with Crippen LogP contribution in [0.1, 0.15) is 53.3 Å². The summed E-state index contributed by atoms with van der Waals surface area (Å²) in [6.07, 6.45) is 3.75. The Labute approximate surface area is 135 Å². The van der Waals surface area contributed by atoms with Gasteiger partial charge in [0.25, 0.3) is 5.91 Å². The normalized spacial score (nSPS) is 16.4. The maximum atomic E-state index is 12.6.